The highest BCUT2D eigenvalue weighted by atomic mass is 19.4. The number of nitrogens with zero attached hydrogens (tertiary/aromatic N) is 4. The summed E-state index contributed by atoms with van der Waals surface area (Å²) in [4.78, 5) is 29.5. The van der Waals surface area contributed by atoms with E-state index in [-0.39, 0.29) is 17.5 Å². The lowest BCUT2D eigenvalue weighted by molar-refractivity contribution is -0.359. The van der Waals surface area contributed by atoms with Crippen molar-refractivity contribution in [2.24, 2.45) is 0 Å². The van der Waals surface area contributed by atoms with Crippen LogP contribution in [0.4, 0.5) is 65.9 Å². The van der Waals surface area contributed by atoms with Crippen LogP contribution in [-0.4, -0.2) is 55.1 Å². The maximum atomic E-state index is 14.0. The Balaban J connectivity index is 0.000000738. The molecule has 0 atom stereocenters. The lowest BCUT2D eigenvalue weighted by Gasteiger charge is -2.28. The zero-order valence-electron chi connectivity index (χ0n) is 23.2. The quantitative estimate of drug-likeness (QED) is 0.159. The minimum atomic E-state index is -6.48. The van der Waals surface area contributed by atoms with Gasteiger partial charge in [0, 0.05) is 28.5 Å². The van der Waals surface area contributed by atoms with Crippen molar-refractivity contribution in [3.8, 4) is 11.3 Å². The molecule has 0 aliphatic rings. The number of nitrogen functional groups attached to an aromatic ring is 1. The van der Waals surface area contributed by atoms with Crippen LogP contribution in [0.5, 0.6) is 0 Å². The number of hydrogen-bond donors (Lipinski definition) is 4. The third kappa shape index (κ3) is 7.37. The van der Waals surface area contributed by atoms with Crippen molar-refractivity contribution in [2.75, 3.05) is 16.4 Å². The molecule has 0 aliphatic carbocycles. The van der Waals surface area contributed by atoms with Crippen LogP contribution >= 0.6 is 0 Å². The highest BCUT2D eigenvalue weighted by Crippen LogP contribution is 2.52. The molecular weight excluding hydrogens is 648 g/mol. The van der Waals surface area contributed by atoms with Crippen LogP contribution in [0.15, 0.2) is 54.9 Å². The predicted octanol–water partition coefficient (Wildman–Crippen LogP) is 7.22. The molecule has 0 unspecified atom stereocenters. The van der Waals surface area contributed by atoms with E-state index < -0.39 is 47.4 Å². The standard InChI is InChI=1S/C24H20F7N7O.C2HF3O2/c1-12(2)38-20-17(19(32)33-11-34-20)18(37-38)13-6-8-15(9-7-13)35-21(39)36-16-5-3-4-14(10-16)22(25,26)23(27,28)24(29,30)31;3-2(4,5)1(6)7/h3-12H,1-2H3,(H2,32,33,34)(H2,35,36,39);(H,6,7). The fraction of sp³-hybridized carbons (Fsp3) is 0.269. The van der Waals surface area contributed by atoms with Crippen molar-refractivity contribution >= 4 is 40.2 Å². The van der Waals surface area contributed by atoms with Gasteiger partial charge in [0.25, 0.3) is 0 Å². The number of halogens is 10. The van der Waals surface area contributed by atoms with E-state index in [1.54, 1.807) is 16.8 Å². The SMILES string of the molecule is CC(C)n1nc(-c2ccc(NC(=O)Nc3cccc(C(F)(F)C(F)(F)C(F)(F)F)c3)cc2)c2c(N)ncnc21.O=C(O)C(F)(F)F. The summed E-state index contributed by atoms with van der Waals surface area (Å²) in [6.07, 6.45) is -10.2. The van der Waals surface area contributed by atoms with Crippen LogP contribution in [-0.2, 0) is 10.7 Å². The minimum Gasteiger partial charge on any atom is -0.475 e. The van der Waals surface area contributed by atoms with Crippen LogP contribution in [0.3, 0.4) is 0 Å². The molecule has 2 aromatic heterocycles. The Kier molecular flexibility index (Phi) is 9.73. The number of alkyl halides is 10. The third-order valence-corrected chi connectivity index (χ3v) is 5.90. The van der Waals surface area contributed by atoms with Crippen LogP contribution in [0.2, 0.25) is 0 Å². The maximum Gasteiger partial charge on any atom is 0.490 e. The maximum absolute atomic E-state index is 14.0. The first-order valence-electron chi connectivity index (χ1n) is 12.5. The molecule has 0 radical (unpaired) electrons. The van der Waals surface area contributed by atoms with Gasteiger partial charge < -0.3 is 21.5 Å². The Hall–Kier alpha value is -5.17. The van der Waals surface area contributed by atoms with E-state index in [4.69, 9.17) is 15.6 Å². The molecule has 2 aromatic carbocycles. The number of hydrogen-bond acceptors (Lipinski definition) is 6. The van der Waals surface area contributed by atoms with E-state index in [2.05, 4.69) is 25.7 Å². The summed E-state index contributed by atoms with van der Waals surface area (Å²) >= 11 is 0. The molecule has 10 nitrogen and oxygen atoms in total. The zero-order valence-corrected chi connectivity index (χ0v) is 23.2. The second-order valence-electron chi connectivity index (χ2n) is 9.53. The molecule has 4 rings (SSSR count). The molecule has 0 saturated heterocycles. The van der Waals surface area contributed by atoms with Crippen molar-refractivity contribution in [3.63, 3.8) is 0 Å². The molecule has 0 bridgehead atoms. The Morgan fingerprint density at radius 3 is 1.96 bits per heavy atom. The monoisotopic (exact) mass is 669 g/mol. The van der Waals surface area contributed by atoms with E-state index >= 15 is 0 Å². The molecular formula is C26H21F10N7O3. The third-order valence-electron chi connectivity index (χ3n) is 5.90. The van der Waals surface area contributed by atoms with Gasteiger partial charge in [-0.15, -0.1) is 0 Å². The van der Waals surface area contributed by atoms with Gasteiger partial charge in [-0.1, -0.05) is 24.3 Å². The van der Waals surface area contributed by atoms with Crippen LogP contribution in [0, 0.1) is 0 Å². The number of aromatic nitrogens is 4. The van der Waals surface area contributed by atoms with Gasteiger partial charge in [-0.05, 0) is 38.1 Å². The second-order valence-corrected chi connectivity index (χ2v) is 9.53. The van der Waals surface area contributed by atoms with Crippen LogP contribution < -0.4 is 16.4 Å². The van der Waals surface area contributed by atoms with Crippen molar-refractivity contribution in [2.45, 2.75) is 44.1 Å². The van der Waals surface area contributed by atoms with Gasteiger partial charge in [0.15, 0.2) is 5.65 Å². The number of carbonyl (C=O) groups is 2. The number of carboxylic acid groups (broad SMARTS) is 1. The summed E-state index contributed by atoms with van der Waals surface area (Å²) in [6.45, 7) is 3.83. The lowest BCUT2D eigenvalue weighted by atomic mass is 10.0. The Morgan fingerprint density at radius 2 is 1.43 bits per heavy atom. The number of nitrogens with two attached hydrogens (primary N) is 1. The smallest absolute Gasteiger partial charge is 0.475 e. The number of carboxylic acids is 1. The van der Waals surface area contributed by atoms with Gasteiger partial charge in [0.1, 0.15) is 17.8 Å². The summed E-state index contributed by atoms with van der Waals surface area (Å²) in [6, 6.07) is 7.87. The molecule has 2 heterocycles. The average molecular weight is 669 g/mol. The summed E-state index contributed by atoms with van der Waals surface area (Å²) in [5.41, 5.74) is 5.90. The van der Waals surface area contributed by atoms with Gasteiger partial charge in [-0.25, -0.2) is 24.2 Å². The first-order valence-corrected chi connectivity index (χ1v) is 12.5. The van der Waals surface area contributed by atoms with Crippen LogP contribution in [0.1, 0.15) is 25.5 Å². The van der Waals surface area contributed by atoms with Crippen LogP contribution in [0.25, 0.3) is 22.3 Å². The lowest BCUT2D eigenvalue weighted by Crippen LogP contribution is -2.50. The molecule has 0 fully saturated rings. The fourth-order valence-corrected chi connectivity index (χ4v) is 3.71. The number of carbonyl (C=O) groups excluding carboxylic acids is 1. The molecule has 0 spiro atoms. The number of urea groups is 1. The number of fused-ring (bicyclic) bond motifs is 1. The normalized spacial score (nSPS) is 12.5. The summed E-state index contributed by atoms with van der Waals surface area (Å²) in [5.74, 6) is -14.4. The summed E-state index contributed by atoms with van der Waals surface area (Å²) in [7, 11) is 0. The number of anilines is 3. The zero-order chi connectivity index (χ0) is 34.8. The average Bonchev–Trinajstić information content (AvgIpc) is 3.34. The van der Waals surface area contributed by atoms with Crippen molar-refractivity contribution in [3.05, 3.63) is 60.4 Å². The molecule has 0 aliphatic heterocycles. The highest BCUT2D eigenvalue weighted by molar-refractivity contribution is 6.01. The minimum absolute atomic E-state index is 0.0293. The molecule has 2 amide bonds. The molecule has 5 N–H and O–H groups in total. The molecule has 4 aromatic rings. The van der Waals surface area contributed by atoms with Crippen molar-refractivity contribution in [1.29, 1.82) is 0 Å². The van der Waals surface area contributed by atoms with Gasteiger partial charge in [-0.3, -0.25) is 0 Å². The first-order chi connectivity index (χ1) is 21.1. The summed E-state index contributed by atoms with van der Waals surface area (Å²) in [5, 5.41) is 16.8. The number of nitrogens with one attached hydrogen (secondary N) is 2. The fourth-order valence-electron chi connectivity index (χ4n) is 3.71. The Bertz CT molecular complexity index is 1720. The van der Waals surface area contributed by atoms with E-state index in [1.165, 1.54) is 18.5 Å². The second kappa shape index (κ2) is 12.7. The van der Waals surface area contributed by atoms with Gasteiger partial charge >= 0.3 is 36.2 Å². The highest BCUT2D eigenvalue weighted by Gasteiger charge is 2.73. The molecule has 20 heteroatoms. The molecule has 0 saturated carbocycles. The number of amides is 2. The Morgan fingerprint density at radius 1 is 0.870 bits per heavy atom. The molecule has 248 valence electrons. The molecule has 46 heavy (non-hydrogen) atoms. The Labute approximate surface area is 251 Å². The van der Waals surface area contributed by atoms with Crippen molar-refractivity contribution in [1.82, 2.24) is 19.7 Å². The largest absolute Gasteiger partial charge is 0.490 e. The van der Waals surface area contributed by atoms with E-state index in [1.807, 2.05) is 13.8 Å². The number of rotatable bonds is 6. The van der Waals surface area contributed by atoms with Crippen molar-refractivity contribution < 1.29 is 58.6 Å². The van der Waals surface area contributed by atoms with E-state index in [0.717, 1.165) is 12.1 Å². The first kappa shape index (κ1) is 35.3. The van der Waals surface area contributed by atoms with Gasteiger partial charge in [0.05, 0.1) is 5.39 Å². The number of benzene rings is 2. The topological polar surface area (TPSA) is 148 Å². The predicted molar refractivity (Wildman–Crippen MR) is 143 cm³/mol. The van der Waals surface area contributed by atoms with Gasteiger partial charge in [0.2, 0.25) is 0 Å². The van der Waals surface area contributed by atoms with E-state index in [9.17, 15) is 48.7 Å². The van der Waals surface area contributed by atoms with E-state index in [0.29, 0.717) is 34.4 Å². The van der Waals surface area contributed by atoms with Gasteiger partial charge in [-0.2, -0.15) is 49.0 Å². The number of aliphatic carboxylic acids is 1. The summed E-state index contributed by atoms with van der Waals surface area (Å²) < 4.78 is 126.